The normalized spacial score (nSPS) is 19.9. The number of ether oxygens (including phenoxy) is 1. The molecular weight excluding hydrogens is 374 g/mol. The SMILES string of the molecule is OC1=CC(F)C(=c2cc(F)c(=C3C=CC(OC(F)(F)F)=CC3)c(F)c2)C=C1. The van der Waals surface area contributed by atoms with E-state index < -0.39 is 35.1 Å². The Hall–Kier alpha value is -2.90. The summed E-state index contributed by atoms with van der Waals surface area (Å²) in [6.45, 7) is 0. The van der Waals surface area contributed by atoms with Crippen LogP contribution in [-0.2, 0) is 4.74 Å². The summed E-state index contributed by atoms with van der Waals surface area (Å²) < 4.78 is 83.2. The number of hydrogen-bond acceptors (Lipinski definition) is 2. The highest BCUT2D eigenvalue weighted by Gasteiger charge is 2.31. The van der Waals surface area contributed by atoms with Crippen LogP contribution in [0, 0.1) is 11.6 Å². The average Bonchev–Trinajstić information content (AvgIpc) is 2.54. The molecule has 2 aliphatic carbocycles. The summed E-state index contributed by atoms with van der Waals surface area (Å²) in [4.78, 5) is 0. The number of benzene rings is 1. The highest BCUT2D eigenvalue weighted by atomic mass is 19.4. The van der Waals surface area contributed by atoms with E-state index in [4.69, 9.17) is 0 Å². The zero-order valence-electron chi connectivity index (χ0n) is 13.5. The number of rotatable bonds is 1. The van der Waals surface area contributed by atoms with Crippen LogP contribution in [0.3, 0.4) is 0 Å². The fourth-order valence-electron chi connectivity index (χ4n) is 2.79. The third kappa shape index (κ3) is 4.27. The van der Waals surface area contributed by atoms with Crippen molar-refractivity contribution >= 4 is 11.1 Å². The molecule has 0 heterocycles. The van der Waals surface area contributed by atoms with Crippen LogP contribution in [0.15, 0.2) is 60.1 Å². The number of alkyl halides is 4. The number of aliphatic hydroxyl groups excluding tert-OH is 1. The van der Waals surface area contributed by atoms with Gasteiger partial charge in [-0.05, 0) is 59.2 Å². The van der Waals surface area contributed by atoms with Crippen LogP contribution in [0.4, 0.5) is 26.3 Å². The first-order chi connectivity index (χ1) is 12.6. The van der Waals surface area contributed by atoms with Gasteiger partial charge in [-0.2, -0.15) is 0 Å². The first-order valence-electron chi connectivity index (χ1n) is 7.73. The third-order valence-electron chi connectivity index (χ3n) is 3.95. The fraction of sp³-hybridized carbons (Fsp3) is 0.158. The van der Waals surface area contributed by atoms with Crippen molar-refractivity contribution in [3.8, 4) is 0 Å². The fourth-order valence-corrected chi connectivity index (χ4v) is 2.79. The standard InChI is InChI=1S/C19H12F6O2/c20-15-9-12(26)3-6-14(15)11-7-16(21)18(17(22)8-11)10-1-4-13(5-2-10)27-19(23,24)25/h1,3-9,15,26H,2H2. The minimum atomic E-state index is -4.86. The molecule has 0 aromatic heterocycles. The topological polar surface area (TPSA) is 29.5 Å². The molecule has 0 saturated carbocycles. The van der Waals surface area contributed by atoms with Gasteiger partial charge in [0.2, 0.25) is 0 Å². The van der Waals surface area contributed by atoms with Crippen molar-refractivity contribution < 1.29 is 36.2 Å². The molecule has 0 amide bonds. The molecule has 0 fully saturated rings. The van der Waals surface area contributed by atoms with Crippen molar-refractivity contribution in [2.45, 2.75) is 19.0 Å². The van der Waals surface area contributed by atoms with Crippen molar-refractivity contribution in [2.24, 2.45) is 0 Å². The van der Waals surface area contributed by atoms with Gasteiger partial charge in [-0.3, -0.25) is 0 Å². The molecule has 3 rings (SSSR count). The van der Waals surface area contributed by atoms with Gasteiger partial charge >= 0.3 is 6.36 Å². The minimum absolute atomic E-state index is 0.0258. The van der Waals surface area contributed by atoms with Gasteiger partial charge in [-0.15, -0.1) is 13.2 Å². The van der Waals surface area contributed by atoms with Crippen LogP contribution in [0.2, 0.25) is 0 Å². The van der Waals surface area contributed by atoms with Crippen LogP contribution in [0.25, 0.3) is 11.1 Å². The number of halogens is 6. The molecule has 142 valence electrons. The van der Waals surface area contributed by atoms with E-state index in [0.717, 1.165) is 36.4 Å². The Labute approximate surface area is 149 Å². The molecule has 0 saturated heterocycles. The lowest BCUT2D eigenvalue weighted by Crippen LogP contribution is -2.24. The number of aliphatic hydroxyl groups is 1. The van der Waals surface area contributed by atoms with Crippen molar-refractivity contribution in [2.75, 3.05) is 0 Å². The summed E-state index contributed by atoms with van der Waals surface area (Å²) in [5.41, 5.74) is 0.0895. The second kappa shape index (κ2) is 7.02. The lowest BCUT2D eigenvalue weighted by Gasteiger charge is -2.14. The Balaban J connectivity index is 2.02. The maximum atomic E-state index is 14.5. The van der Waals surface area contributed by atoms with Gasteiger partial charge in [0.25, 0.3) is 0 Å². The minimum Gasteiger partial charge on any atom is -0.508 e. The largest absolute Gasteiger partial charge is 0.573 e. The predicted molar refractivity (Wildman–Crippen MR) is 86.2 cm³/mol. The van der Waals surface area contributed by atoms with Crippen LogP contribution >= 0.6 is 0 Å². The number of hydrogen-bond donors (Lipinski definition) is 1. The maximum absolute atomic E-state index is 14.5. The van der Waals surface area contributed by atoms with Crippen molar-refractivity contribution in [1.82, 2.24) is 0 Å². The van der Waals surface area contributed by atoms with Crippen molar-refractivity contribution in [3.63, 3.8) is 0 Å². The van der Waals surface area contributed by atoms with E-state index in [-0.39, 0.29) is 28.5 Å². The Kier molecular flexibility index (Phi) is 4.91. The van der Waals surface area contributed by atoms with Crippen molar-refractivity contribution in [1.29, 1.82) is 0 Å². The molecule has 27 heavy (non-hydrogen) atoms. The second-order valence-corrected chi connectivity index (χ2v) is 5.81. The molecule has 2 aliphatic rings. The average molecular weight is 386 g/mol. The zero-order chi connectivity index (χ0) is 19.8. The molecule has 0 aliphatic heterocycles. The van der Waals surface area contributed by atoms with Crippen LogP contribution in [0.1, 0.15) is 6.42 Å². The summed E-state index contributed by atoms with van der Waals surface area (Å²) in [6.07, 6.45) is -0.309. The molecule has 1 aromatic carbocycles. The lowest BCUT2D eigenvalue weighted by atomic mass is 9.99. The molecule has 1 unspecified atom stereocenters. The summed E-state index contributed by atoms with van der Waals surface area (Å²) in [5.74, 6) is -2.73. The van der Waals surface area contributed by atoms with Crippen LogP contribution in [0.5, 0.6) is 0 Å². The lowest BCUT2D eigenvalue weighted by molar-refractivity contribution is -0.303. The van der Waals surface area contributed by atoms with Gasteiger partial charge in [0.05, 0.1) is 0 Å². The van der Waals surface area contributed by atoms with E-state index in [0.29, 0.717) is 0 Å². The molecule has 0 spiro atoms. The van der Waals surface area contributed by atoms with Gasteiger partial charge in [0.15, 0.2) is 0 Å². The molecular formula is C19H12F6O2. The van der Waals surface area contributed by atoms with E-state index in [2.05, 4.69) is 4.74 Å². The highest BCUT2D eigenvalue weighted by molar-refractivity contribution is 5.67. The van der Waals surface area contributed by atoms with E-state index in [1.165, 1.54) is 12.2 Å². The smallest absolute Gasteiger partial charge is 0.508 e. The zero-order valence-corrected chi connectivity index (χ0v) is 13.5. The second-order valence-electron chi connectivity index (χ2n) is 5.81. The Morgan fingerprint density at radius 1 is 1.00 bits per heavy atom. The summed E-state index contributed by atoms with van der Waals surface area (Å²) in [7, 11) is 0. The third-order valence-corrected chi connectivity index (χ3v) is 3.95. The summed E-state index contributed by atoms with van der Waals surface area (Å²) >= 11 is 0. The summed E-state index contributed by atoms with van der Waals surface area (Å²) in [5, 5.41) is 8.78. The van der Waals surface area contributed by atoms with Gasteiger partial charge in [0.1, 0.15) is 29.3 Å². The predicted octanol–water partition coefficient (Wildman–Crippen LogP) is 4.00. The molecule has 1 atom stereocenters. The van der Waals surface area contributed by atoms with Crippen LogP contribution < -0.4 is 10.4 Å². The first-order valence-corrected chi connectivity index (χ1v) is 7.73. The summed E-state index contributed by atoms with van der Waals surface area (Å²) in [6, 6.07) is 1.88. The van der Waals surface area contributed by atoms with Gasteiger partial charge in [-0.1, -0.05) is 12.2 Å². The van der Waals surface area contributed by atoms with E-state index in [1.54, 1.807) is 0 Å². The highest BCUT2D eigenvalue weighted by Crippen LogP contribution is 2.25. The monoisotopic (exact) mass is 386 g/mol. The Bertz CT molecular complexity index is 983. The first kappa shape index (κ1) is 18.9. The molecule has 0 radical (unpaired) electrons. The molecule has 2 nitrogen and oxygen atoms in total. The molecule has 1 aromatic rings. The maximum Gasteiger partial charge on any atom is 0.573 e. The molecule has 0 bridgehead atoms. The van der Waals surface area contributed by atoms with E-state index in [9.17, 15) is 31.4 Å². The Morgan fingerprint density at radius 2 is 1.67 bits per heavy atom. The molecule has 1 N–H and O–H groups in total. The van der Waals surface area contributed by atoms with E-state index >= 15 is 0 Å². The quantitative estimate of drug-likeness (QED) is 0.740. The van der Waals surface area contributed by atoms with Gasteiger partial charge < -0.3 is 9.84 Å². The van der Waals surface area contributed by atoms with Gasteiger partial charge in [0, 0.05) is 5.22 Å². The Morgan fingerprint density at radius 3 is 2.19 bits per heavy atom. The number of allylic oxidation sites excluding steroid dienone is 6. The van der Waals surface area contributed by atoms with Gasteiger partial charge in [-0.25, -0.2) is 13.2 Å². The molecule has 8 heteroatoms. The van der Waals surface area contributed by atoms with Crippen LogP contribution in [-0.4, -0.2) is 17.6 Å². The van der Waals surface area contributed by atoms with Crippen molar-refractivity contribution in [3.05, 3.63) is 82.2 Å². The van der Waals surface area contributed by atoms with E-state index in [1.807, 2.05) is 0 Å².